The summed E-state index contributed by atoms with van der Waals surface area (Å²) < 4.78 is 44.7. The van der Waals surface area contributed by atoms with Crippen molar-refractivity contribution in [3.8, 4) is 22.6 Å². The van der Waals surface area contributed by atoms with E-state index in [1.54, 1.807) is 42.9 Å². The van der Waals surface area contributed by atoms with E-state index in [9.17, 15) is 13.2 Å². The van der Waals surface area contributed by atoms with Gasteiger partial charge in [-0.1, -0.05) is 22.8 Å². The summed E-state index contributed by atoms with van der Waals surface area (Å²) in [5.74, 6) is 0.555. The minimum Gasteiger partial charge on any atom is -0.353 e. The van der Waals surface area contributed by atoms with Gasteiger partial charge in [-0.15, -0.1) is 0 Å². The summed E-state index contributed by atoms with van der Waals surface area (Å²) >= 11 is 6.45. The molecule has 0 saturated carbocycles. The number of hydrogen-bond donors (Lipinski definition) is 2. The van der Waals surface area contributed by atoms with E-state index in [4.69, 9.17) is 16.1 Å². The van der Waals surface area contributed by atoms with Crippen LogP contribution in [0.15, 0.2) is 77.7 Å². The molecule has 2 aromatic carbocycles. The maximum absolute atomic E-state index is 13.0. The van der Waals surface area contributed by atoms with E-state index in [0.717, 1.165) is 17.7 Å². The predicted molar refractivity (Wildman–Crippen MR) is 123 cm³/mol. The largest absolute Gasteiger partial charge is 0.416 e. The molecule has 4 N–H and O–H groups in total. The first kappa shape index (κ1) is 23.1. The smallest absolute Gasteiger partial charge is 0.353 e. The Morgan fingerprint density at radius 1 is 0.971 bits per heavy atom. The third-order valence-corrected chi connectivity index (χ3v) is 5.19. The van der Waals surface area contributed by atoms with E-state index in [0.29, 0.717) is 33.1 Å². The normalized spacial score (nSPS) is 11.3. The second-order valence-electron chi connectivity index (χ2n) is 7.04. The first-order valence-corrected chi connectivity index (χ1v) is 10.0. The lowest BCUT2D eigenvalue weighted by atomic mass is 10.1. The summed E-state index contributed by atoms with van der Waals surface area (Å²) in [6.45, 7) is 0. The number of nitrogens with one attached hydrogen (secondary N) is 1. The number of pyridine rings is 1. The highest BCUT2D eigenvalue weighted by atomic mass is 35.5. The molecule has 7 nitrogen and oxygen atoms in total. The molecular weight excluding hydrogens is 469 g/mol. The lowest BCUT2D eigenvalue weighted by Gasteiger charge is -2.09. The molecule has 3 heterocycles. The average Bonchev–Trinajstić information content (AvgIpc) is 3.21. The number of hydrogen-bond acceptors (Lipinski definition) is 7. The van der Waals surface area contributed by atoms with Gasteiger partial charge in [0.25, 0.3) is 0 Å². The lowest BCUT2D eigenvalue weighted by molar-refractivity contribution is -0.137. The van der Waals surface area contributed by atoms with Crippen molar-refractivity contribution in [3.05, 3.63) is 83.8 Å². The van der Waals surface area contributed by atoms with Crippen LogP contribution in [-0.4, -0.2) is 20.1 Å². The minimum absolute atomic E-state index is 0. The standard InChI is InChI=1S/C23H13ClF3N5O.H3N/c24-17-7-6-16-20(19(17)22-29-10-8-18(31-22)13-3-2-9-28-12-13)33-32-21(16)30-15-5-1-4-14(11-15)23(25,26)27;/h1-12H,(H,30,32);1H3. The predicted octanol–water partition coefficient (Wildman–Crippen LogP) is 6.92. The molecule has 11 heteroatoms. The molecule has 5 rings (SSSR count). The van der Waals surface area contributed by atoms with Crippen molar-refractivity contribution in [2.24, 2.45) is 0 Å². The summed E-state index contributed by atoms with van der Waals surface area (Å²) in [5, 5.41) is 7.73. The number of benzene rings is 2. The molecule has 0 saturated heterocycles. The van der Waals surface area contributed by atoms with Crippen LogP contribution in [0.25, 0.3) is 33.6 Å². The molecule has 0 spiro atoms. The number of aromatic nitrogens is 4. The monoisotopic (exact) mass is 484 g/mol. The number of alkyl halides is 3. The van der Waals surface area contributed by atoms with Crippen molar-refractivity contribution in [2.45, 2.75) is 6.18 Å². The fourth-order valence-electron chi connectivity index (χ4n) is 3.34. The van der Waals surface area contributed by atoms with Crippen molar-refractivity contribution < 1.29 is 17.7 Å². The Kier molecular flexibility index (Phi) is 6.18. The summed E-state index contributed by atoms with van der Waals surface area (Å²) in [6, 6.07) is 13.5. The molecule has 0 aliphatic carbocycles. The molecule has 34 heavy (non-hydrogen) atoms. The Morgan fingerprint density at radius 2 is 1.82 bits per heavy atom. The average molecular weight is 485 g/mol. The van der Waals surface area contributed by atoms with Gasteiger partial charge in [0.15, 0.2) is 17.2 Å². The molecule has 0 atom stereocenters. The highest BCUT2D eigenvalue weighted by Gasteiger charge is 2.30. The van der Waals surface area contributed by atoms with Gasteiger partial charge in [0.2, 0.25) is 0 Å². The summed E-state index contributed by atoms with van der Waals surface area (Å²) in [5.41, 5.74) is 1.61. The molecule has 5 aromatic rings. The molecule has 0 radical (unpaired) electrons. The molecule has 0 aliphatic rings. The Balaban J connectivity index is 0.00000274. The van der Waals surface area contributed by atoms with E-state index in [2.05, 4.69) is 25.4 Å². The first-order chi connectivity index (χ1) is 15.9. The highest BCUT2D eigenvalue weighted by molar-refractivity contribution is 6.34. The fourth-order valence-corrected chi connectivity index (χ4v) is 3.58. The maximum Gasteiger partial charge on any atom is 0.416 e. The molecule has 0 aliphatic heterocycles. The summed E-state index contributed by atoms with van der Waals surface area (Å²) in [4.78, 5) is 13.0. The molecule has 3 aromatic heterocycles. The number of halogens is 4. The molecule has 0 unspecified atom stereocenters. The van der Waals surface area contributed by atoms with Gasteiger partial charge in [0.05, 0.1) is 27.2 Å². The maximum atomic E-state index is 13.0. The zero-order chi connectivity index (χ0) is 23.0. The third kappa shape index (κ3) is 4.41. The Hall–Kier alpha value is -4.02. The molecule has 172 valence electrons. The highest BCUT2D eigenvalue weighted by Crippen LogP contribution is 2.38. The van der Waals surface area contributed by atoms with Gasteiger partial charge in [0.1, 0.15) is 0 Å². The Bertz CT molecular complexity index is 1460. The second-order valence-corrected chi connectivity index (χ2v) is 7.45. The van der Waals surface area contributed by atoms with E-state index in [1.165, 1.54) is 12.1 Å². The van der Waals surface area contributed by atoms with Crippen LogP contribution < -0.4 is 11.5 Å². The van der Waals surface area contributed by atoms with E-state index in [1.807, 2.05) is 6.07 Å². The molecule has 0 fully saturated rings. The van der Waals surface area contributed by atoms with Crippen LogP contribution in [-0.2, 0) is 6.18 Å². The van der Waals surface area contributed by atoms with Crippen molar-refractivity contribution in [1.82, 2.24) is 26.3 Å². The van der Waals surface area contributed by atoms with Gasteiger partial charge in [-0.2, -0.15) is 13.2 Å². The van der Waals surface area contributed by atoms with E-state index < -0.39 is 11.7 Å². The van der Waals surface area contributed by atoms with Gasteiger partial charge in [0, 0.05) is 29.8 Å². The van der Waals surface area contributed by atoms with Gasteiger partial charge < -0.3 is 16.0 Å². The SMILES string of the molecule is FC(F)(F)c1cccc(Nc2noc3c(-c4nccc(-c5cccnc5)n4)c(Cl)ccc23)c1.N. The topological polar surface area (TPSA) is 112 Å². The molecule has 0 amide bonds. The van der Waals surface area contributed by atoms with Gasteiger partial charge in [-0.3, -0.25) is 4.98 Å². The van der Waals surface area contributed by atoms with Crippen LogP contribution in [0.1, 0.15) is 5.56 Å². The second kappa shape index (κ2) is 9.08. The number of anilines is 2. The van der Waals surface area contributed by atoms with Crippen molar-refractivity contribution in [2.75, 3.05) is 5.32 Å². The van der Waals surface area contributed by atoms with Crippen LogP contribution in [0.4, 0.5) is 24.7 Å². The van der Waals surface area contributed by atoms with Gasteiger partial charge >= 0.3 is 6.18 Å². The van der Waals surface area contributed by atoms with Crippen LogP contribution in [0.5, 0.6) is 0 Å². The Labute approximate surface area is 196 Å². The Morgan fingerprint density at radius 3 is 2.59 bits per heavy atom. The fraction of sp³-hybridized carbons (Fsp3) is 0.0435. The minimum atomic E-state index is -4.46. The van der Waals surface area contributed by atoms with Crippen molar-refractivity contribution in [3.63, 3.8) is 0 Å². The van der Waals surface area contributed by atoms with E-state index >= 15 is 0 Å². The molecular formula is C23H16ClF3N6O. The third-order valence-electron chi connectivity index (χ3n) is 4.88. The zero-order valence-electron chi connectivity index (χ0n) is 17.3. The van der Waals surface area contributed by atoms with Crippen LogP contribution in [0.2, 0.25) is 5.02 Å². The van der Waals surface area contributed by atoms with Crippen molar-refractivity contribution >= 4 is 34.1 Å². The zero-order valence-corrected chi connectivity index (χ0v) is 18.1. The van der Waals surface area contributed by atoms with Gasteiger partial charge in [-0.05, 0) is 48.5 Å². The lowest BCUT2D eigenvalue weighted by Crippen LogP contribution is -2.05. The number of rotatable bonds is 4. The van der Waals surface area contributed by atoms with Crippen molar-refractivity contribution in [1.29, 1.82) is 0 Å². The van der Waals surface area contributed by atoms with E-state index in [-0.39, 0.29) is 17.7 Å². The summed E-state index contributed by atoms with van der Waals surface area (Å²) in [6.07, 6.45) is 0.482. The van der Waals surface area contributed by atoms with Crippen LogP contribution >= 0.6 is 11.6 Å². The number of fused-ring (bicyclic) bond motifs is 1. The van der Waals surface area contributed by atoms with Crippen LogP contribution in [0, 0.1) is 0 Å². The van der Waals surface area contributed by atoms with Gasteiger partial charge in [-0.25, -0.2) is 9.97 Å². The summed E-state index contributed by atoms with van der Waals surface area (Å²) in [7, 11) is 0. The first-order valence-electron chi connectivity index (χ1n) is 9.66. The quantitative estimate of drug-likeness (QED) is 0.284. The van der Waals surface area contributed by atoms with Crippen LogP contribution in [0.3, 0.4) is 0 Å². The number of nitrogens with zero attached hydrogens (tertiary/aromatic N) is 4. The molecule has 0 bridgehead atoms.